The number of aromatic nitrogens is 1. The minimum absolute atomic E-state index is 0.210. The molecule has 148 valence electrons. The predicted octanol–water partition coefficient (Wildman–Crippen LogP) is 3.90. The highest BCUT2D eigenvalue weighted by Crippen LogP contribution is 2.32. The second kappa shape index (κ2) is 8.60. The smallest absolute Gasteiger partial charge is 0.274 e. The zero-order chi connectivity index (χ0) is 20.1. The monoisotopic (exact) mass is 393 g/mol. The summed E-state index contributed by atoms with van der Waals surface area (Å²) < 4.78 is 24.6. The minimum Gasteiger partial charge on any atom is -0.486 e. The van der Waals surface area contributed by atoms with E-state index in [1.165, 1.54) is 6.07 Å². The van der Waals surface area contributed by atoms with Gasteiger partial charge >= 0.3 is 0 Å². The molecule has 0 fully saturated rings. The molecule has 0 radical (unpaired) electrons. The standard InChI is InChI=1S/C22H20FN3O3/c23-18-4-2-1-3-15(18)9-10-24-17-5-7-19(25-14-17)22(27)26-16-6-8-20-21(13-16)29-12-11-28-20/h1-8,13-14,24H,9-12H2,(H,26,27). The highest BCUT2D eigenvalue weighted by atomic mass is 19.1. The van der Waals surface area contributed by atoms with Gasteiger partial charge < -0.3 is 20.1 Å². The van der Waals surface area contributed by atoms with Gasteiger partial charge in [0.15, 0.2) is 11.5 Å². The Morgan fingerprint density at radius 1 is 1.00 bits per heavy atom. The SMILES string of the molecule is O=C(Nc1ccc2c(c1)OCCO2)c1ccc(NCCc2ccccc2F)cn1. The third-order valence-electron chi connectivity index (χ3n) is 4.48. The zero-order valence-corrected chi connectivity index (χ0v) is 15.7. The van der Waals surface area contributed by atoms with Crippen molar-refractivity contribution in [2.24, 2.45) is 0 Å². The molecule has 2 N–H and O–H groups in total. The summed E-state index contributed by atoms with van der Waals surface area (Å²) in [7, 11) is 0. The maximum Gasteiger partial charge on any atom is 0.274 e. The van der Waals surface area contributed by atoms with E-state index in [-0.39, 0.29) is 11.7 Å². The molecular formula is C22H20FN3O3. The maximum atomic E-state index is 13.6. The number of ether oxygens (including phenoxy) is 2. The lowest BCUT2D eigenvalue weighted by molar-refractivity contribution is 0.102. The van der Waals surface area contributed by atoms with Crippen molar-refractivity contribution >= 4 is 17.3 Å². The second-order valence-electron chi connectivity index (χ2n) is 6.51. The zero-order valence-electron chi connectivity index (χ0n) is 15.7. The maximum absolute atomic E-state index is 13.6. The Balaban J connectivity index is 1.32. The number of benzene rings is 2. The molecule has 0 atom stereocenters. The van der Waals surface area contributed by atoms with Gasteiger partial charge in [0.25, 0.3) is 5.91 Å². The van der Waals surface area contributed by atoms with Crippen LogP contribution in [0.1, 0.15) is 16.1 Å². The molecule has 0 unspecified atom stereocenters. The second-order valence-corrected chi connectivity index (χ2v) is 6.51. The van der Waals surface area contributed by atoms with Crippen LogP contribution >= 0.6 is 0 Å². The van der Waals surface area contributed by atoms with Crippen LogP contribution in [0.3, 0.4) is 0 Å². The molecule has 0 saturated carbocycles. The first-order chi connectivity index (χ1) is 14.2. The number of halogens is 1. The van der Waals surface area contributed by atoms with Gasteiger partial charge in [-0.3, -0.25) is 4.79 Å². The summed E-state index contributed by atoms with van der Waals surface area (Å²) in [6.45, 7) is 1.56. The molecule has 0 spiro atoms. The number of hydrogen-bond donors (Lipinski definition) is 2. The van der Waals surface area contributed by atoms with Crippen molar-refractivity contribution in [3.05, 3.63) is 77.9 Å². The van der Waals surface area contributed by atoms with Crippen molar-refractivity contribution in [2.45, 2.75) is 6.42 Å². The largest absolute Gasteiger partial charge is 0.486 e. The summed E-state index contributed by atoms with van der Waals surface area (Å²) >= 11 is 0. The number of fused-ring (bicyclic) bond motifs is 1. The Kier molecular flexibility index (Phi) is 5.56. The quantitative estimate of drug-likeness (QED) is 0.665. The number of hydrogen-bond acceptors (Lipinski definition) is 5. The molecule has 2 heterocycles. The van der Waals surface area contributed by atoms with Crippen LogP contribution in [0.4, 0.5) is 15.8 Å². The normalized spacial score (nSPS) is 12.3. The Morgan fingerprint density at radius 3 is 2.59 bits per heavy atom. The van der Waals surface area contributed by atoms with E-state index in [4.69, 9.17) is 9.47 Å². The fraction of sp³-hybridized carbons (Fsp3) is 0.182. The lowest BCUT2D eigenvalue weighted by atomic mass is 10.1. The molecule has 0 aliphatic carbocycles. The Labute approximate surface area is 167 Å². The third-order valence-corrected chi connectivity index (χ3v) is 4.48. The van der Waals surface area contributed by atoms with Crippen LogP contribution in [0.15, 0.2) is 60.8 Å². The number of carbonyl (C=O) groups excluding carboxylic acids is 1. The molecule has 1 amide bonds. The first kappa shape index (κ1) is 18.7. The summed E-state index contributed by atoms with van der Waals surface area (Å²) in [6, 6.07) is 15.4. The molecule has 3 aromatic rings. The van der Waals surface area contributed by atoms with Gasteiger partial charge in [-0.05, 0) is 42.3 Å². The van der Waals surface area contributed by atoms with Crippen LogP contribution < -0.4 is 20.1 Å². The molecule has 4 rings (SSSR count). The average Bonchev–Trinajstić information content (AvgIpc) is 2.75. The summed E-state index contributed by atoms with van der Waals surface area (Å²) in [4.78, 5) is 16.6. The molecule has 7 heteroatoms. The molecule has 1 aromatic heterocycles. The van der Waals surface area contributed by atoms with Crippen LogP contribution in [0.5, 0.6) is 11.5 Å². The third kappa shape index (κ3) is 4.63. The van der Waals surface area contributed by atoms with Crippen LogP contribution in [-0.4, -0.2) is 30.6 Å². The van der Waals surface area contributed by atoms with Crippen molar-refractivity contribution in [1.29, 1.82) is 0 Å². The number of nitrogens with zero attached hydrogens (tertiary/aromatic N) is 1. The summed E-state index contributed by atoms with van der Waals surface area (Å²) in [5.41, 5.74) is 2.31. The van der Waals surface area contributed by atoms with E-state index < -0.39 is 0 Å². The molecule has 2 aromatic carbocycles. The number of anilines is 2. The van der Waals surface area contributed by atoms with Gasteiger partial charge in [-0.25, -0.2) is 9.37 Å². The highest BCUT2D eigenvalue weighted by Gasteiger charge is 2.14. The van der Waals surface area contributed by atoms with Crippen LogP contribution in [0.25, 0.3) is 0 Å². The Bertz CT molecular complexity index is 1010. The van der Waals surface area contributed by atoms with E-state index in [0.717, 1.165) is 5.69 Å². The van der Waals surface area contributed by atoms with E-state index in [2.05, 4.69) is 15.6 Å². The van der Waals surface area contributed by atoms with E-state index in [1.807, 2.05) is 6.07 Å². The van der Waals surface area contributed by atoms with E-state index >= 15 is 0 Å². The van der Waals surface area contributed by atoms with Crippen molar-refractivity contribution < 1.29 is 18.7 Å². The number of pyridine rings is 1. The van der Waals surface area contributed by atoms with E-state index in [9.17, 15) is 9.18 Å². The van der Waals surface area contributed by atoms with E-state index in [0.29, 0.717) is 54.6 Å². The summed E-state index contributed by atoms with van der Waals surface area (Å²) in [5, 5.41) is 5.98. The lowest BCUT2D eigenvalue weighted by Gasteiger charge is -2.19. The van der Waals surface area contributed by atoms with Crippen molar-refractivity contribution in [2.75, 3.05) is 30.4 Å². The molecule has 0 bridgehead atoms. The van der Waals surface area contributed by atoms with Gasteiger partial charge in [0.2, 0.25) is 0 Å². The van der Waals surface area contributed by atoms with Gasteiger partial charge in [-0.2, -0.15) is 0 Å². The van der Waals surface area contributed by atoms with Crippen molar-refractivity contribution in [1.82, 2.24) is 4.98 Å². The average molecular weight is 393 g/mol. The first-order valence-corrected chi connectivity index (χ1v) is 9.33. The van der Waals surface area contributed by atoms with Crippen LogP contribution in [-0.2, 0) is 6.42 Å². The minimum atomic E-state index is -0.320. The topological polar surface area (TPSA) is 72.5 Å². The summed E-state index contributed by atoms with van der Waals surface area (Å²) in [5.74, 6) is 0.743. The number of rotatable bonds is 6. The number of amides is 1. The van der Waals surface area contributed by atoms with Gasteiger partial charge in [-0.15, -0.1) is 0 Å². The number of nitrogens with one attached hydrogen (secondary N) is 2. The molecule has 6 nitrogen and oxygen atoms in total. The van der Waals surface area contributed by atoms with Gasteiger partial charge in [0.1, 0.15) is 24.7 Å². The van der Waals surface area contributed by atoms with Gasteiger partial charge in [0.05, 0.1) is 11.9 Å². The highest BCUT2D eigenvalue weighted by molar-refractivity contribution is 6.03. The first-order valence-electron chi connectivity index (χ1n) is 9.33. The van der Waals surface area contributed by atoms with Crippen molar-refractivity contribution in [3.8, 4) is 11.5 Å². The van der Waals surface area contributed by atoms with E-state index in [1.54, 1.807) is 48.7 Å². The van der Waals surface area contributed by atoms with Crippen LogP contribution in [0.2, 0.25) is 0 Å². The summed E-state index contributed by atoms with van der Waals surface area (Å²) in [6.07, 6.45) is 2.14. The van der Waals surface area contributed by atoms with Crippen LogP contribution in [0, 0.1) is 5.82 Å². The molecule has 29 heavy (non-hydrogen) atoms. The fourth-order valence-corrected chi connectivity index (χ4v) is 2.99. The Hall–Kier alpha value is -3.61. The van der Waals surface area contributed by atoms with Gasteiger partial charge in [-0.1, -0.05) is 18.2 Å². The molecule has 0 saturated heterocycles. The predicted molar refractivity (Wildman–Crippen MR) is 108 cm³/mol. The van der Waals surface area contributed by atoms with Gasteiger partial charge in [0, 0.05) is 18.3 Å². The molecule has 1 aliphatic rings. The molecular weight excluding hydrogens is 373 g/mol. The van der Waals surface area contributed by atoms with Crippen molar-refractivity contribution in [3.63, 3.8) is 0 Å². The fourth-order valence-electron chi connectivity index (χ4n) is 2.99. The number of carbonyl (C=O) groups is 1. The Morgan fingerprint density at radius 2 is 1.79 bits per heavy atom. The lowest BCUT2D eigenvalue weighted by Crippen LogP contribution is -2.17. The molecule has 1 aliphatic heterocycles.